The third kappa shape index (κ3) is 3.21. The molecule has 2 nitrogen and oxygen atoms in total. The van der Waals surface area contributed by atoms with Crippen molar-refractivity contribution in [3.05, 3.63) is 35.1 Å². The van der Waals surface area contributed by atoms with Crippen LogP contribution in [0.25, 0.3) is 0 Å². The second-order valence-electron chi connectivity index (χ2n) is 6.42. The third-order valence-corrected chi connectivity index (χ3v) is 4.84. The summed E-state index contributed by atoms with van der Waals surface area (Å²) in [6, 6.07) is 6.25. The summed E-state index contributed by atoms with van der Waals surface area (Å²) in [6.45, 7) is 6.37. The first-order valence-electron chi connectivity index (χ1n) is 7.93. The van der Waals surface area contributed by atoms with E-state index in [2.05, 4.69) is 10.2 Å². The Labute approximate surface area is 121 Å². The molecule has 2 saturated heterocycles. The van der Waals surface area contributed by atoms with E-state index in [0.29, 0.717) is 0 Å². The molecule has 3 heteroatoms. The molecule has 2 aliphatic heterocycles. The van der Waals surface area contributed by atoms with Crippen LogP contribution in [0, 0.1) is 18.7 Å². The molecule has 0 radical (unpaired) electrons. The van der Waals surface area contributed by atoms with Crippen LogP contribution >= 0.6 is 0 Å². The minimum atomic E-state index is -0.0968. The van der Waals surface area contributed by atoms with Crippen molar-refractivity contribution < 1.29 is 4.39 Å². The molecule has 2 heterocycles. The van der Waals surface area contributed by atoms with Crippen LogP contribution in [0.2, 0.25) is 0 Å². The fraction of sp³-hybridized carbons (Fsp3) is 0.647. The van der Waals surface area contributed by atoms with Crippen molar-refractivity contribution >= 4 is 0 Å². The van der Waals surface area contributed by atoms with Gasteiger partial charge in [-0.05, 0) is 68.8 Å². The quantitative estimate of drug-likeness (QED) is 0.912. The van der Waals surface area contributed by atoms with Gasteiger partial charge in [-0.3, -0.25) is 4.90 Å². The van der Waals surface area contributed by atoms with Crippen LogP contribution in [0.1, 0.15) is 36.8 Å². The van der Waals surface area contributed by atoms with Gasteiger partial charge in [-0.15, -0.1) is 0 Å². The standard InChI is InChI=1S/C17H25FN2/c1-13-10-14(6-7-16(13)18)11-20-9-3-4-15(12-20)17-5-2-8-19-17/h6-7,10,15,17,19H,2-5,8-9,11-12H2,1H3. The summed E-state index contributed by atoms with van der Waals surface area (Å²) in [6.07, 6.45) is 5.33. The van der Waals surface area contributed by atoms with Gasteiger partial charge in [0.25, 0.3) is 0 Å². The highest BCUT2D eigenvalue weighted by molar-refractivity contribution is 5.23. The minimum absolute atomic E-state index is 0.0968. The van der Waals surface area contributed by atoms with Gasteiger partial charge < -0.3 is 5.32 Å². The number of nitrogens with one attached hydrogen (secondary N) is 1. The predicted octanol–water partition coefficient (Wildman–Crippen LogP) is 3.10. The van der Waals surface area contributed by atoms with Crippen molar-refractivity contribution in [2.45, 2.75) is 45.2 Å². The number of piperidine rings is 1. The largest absolute Gasteiger partial charge is 0.314 e. The normalized spacial score (nSPS) is 27.9. The highest BCUT2D eigenvalue weighted by atomic mass is 19.1. The van der Waals surface area contributed by atoms with E-state index in [4.69, 9.17) is 0 Å². The van der Waals surface area contributed by atoms with Gasteiger partial charge in [0.15, 0.2) is 0 Å². The van der Waals surface area contributed by atoms with E-state index >= 15 is 0 Å². The SMILES string of the molecule is Cc1cc(CN2CCCC(C3CCCN3)C2)ccc1F. The number of hydrogen-bond acceptors (Lipinski definition) is 2. The number of halogens is 1. The molecule has 0 aromatic heterocycles. The van der Waals surface area contributed by atoms with Crippen LogP contribution in [0.4, 0.5) is 4.39 Å². The Balaban J connectivity index is 1.60. The molecule has 1 N–H and O–H groups in total. The molecule has 0 bridgehead atoms. The summed E-state index contributed by atoms with van der Waals surface area (Å²) >= 11 is 0. The van der Waals surface area contributed by atoms with Gasteiger partial charge in [0.05, 0.1) is 0 Å². The summed E-state index contributed by atoms with van der Waals surface area (Å²) in [4.78, 5) is 2.54. The van der Waals surface area contributed by atoms with Gasteiger partial charge in [-0.2, -0.15) is 0 Å². The van der Waals surface area contributed by atoms with Crippen molar-refractivity contribution in [3.63, 3.8) is 0 Å². The van der Waals surface area contributed by atoms with E-state index in [1.54, 1.807) is 6.07 Å². The van der Waals surface area contributed by atoms with Gasteiger partial charge in [0.1, 0.15) is 5.82 Å². The lowest BCUT2D eigenvalue weighted by atomic mass is 9.89. The maximum Gasteiger partial charge on any atom is 0.126 e. The Morgan fingerprint density at radius 1 is 1.30 bits per heavy atom. The molecule has 2 atom stereocenters. The molecule has 2 unspecified atom stereocenters. The molecular formula is C17H25FN2. The third-order valence-electron chi connectivity index (χ3n) is 4.84. The molecule has 0 amide bonds. The van der Waals surface area contributed by atoms with Crippen LogP contribution in [0.3, 0.4) is 0 Å². The van der Waals surface area contributed by atoms with Gasteiger partial charge in [0, 0.05) is 19.1 Å². The summed E-state index contributed by atoms with van der Waals surface area (Å²) in [5, 5.41) is 3.65. The highest BCUT2D eigenvalue weighted by Gasteiger charge is 2.28. The van der Waals surface area contributed by atoms with Gasteiger partial charge in [-0.1, -0.05) is 12.1 Å². The Hall–Kier alpha value is -0.930. The Bertz CT molecular complexity index is 454. The monoisotopic (exact) mass is 276 g/mol. The maximum atomic E-state index is 13.3. The fourth-order valence-electron chi connectivity index (χ4n) is 3.74. The topological polar surface area (TPSA) is 15.3 Å². The fourth-order valence-corrected chi connectivity index (χ4v) is 3.74. The van der Waals surface area contributed by atoms with Gasteiger partial charge in [-0.25, -0.2) is 4.39 Å². The maximum absolute atomic E-state index is 13.3. The van der Waals surface area contributed by atoms with Crippen molar-refractivity contribution in [2.75, 3.05) is 19.6 Å². The number of hydrogen-bond donors (Lipinski definition) is 1. The van der Waals surface area contributed by atoms with Gasteiger partial charge >= 0.3 is 0 Å². The average molecular weight is 276 g/mol. The molecule has 2 aliphatic rings. The summed E-state index contributed by atoms with van der Waals surface area (Å²) in [5.74, 6) is 0.702. The van der Waals surface area contributed by atoms with E-state index in [9.17, 15) is 4.39 Å². The molecule has 1 aromatic carbocycles. The van der Waals surface area contributed by atoms with Crippen molar-refractivity contribution in [2.24, 2.45) is 5.92 Å². The first-order chi connectivity index (χ1) is 9.72. The predicted molar refractivity (Wildman–Crippen MR) is 80.2 cm³/mol. The van der Waals surface area contributed by atoms with Crippen molar-refractivity contribution in [1.82, 2.24) is 10.2 Å². The number of nitrogens with zero attached hydrogens (tertiary/aromatic N) is 1. The van der Waals surface area contributed by atoms with Crippen LogP contribution in [0.5, 0.6) is 0 Å². The van der Waals surface area contributed by atoms with E-state index in [0.717, 1.165) is 24.1 Å². The highest BCUT2D eigenvalue weighted by Crippen LogP contribution is 2.25. The average Bonchev–Trinajstić information content (AvgIpc) is 2.97. The van der Waals surface area contributed by atoms with E-state index in [-0.39, 0.29) is 5.82 Å². The zero-order valence-corrected chi connectivity index (χ0v) is 12.4. The van der Waals surface area contributed by atoms with Crippen molar-refractivity contribution in [1.29, 1.82) is 0 Å². The molecule has 3 rings (SSSR count). The molecule has 0 aliphatic carbocycles. The molecular weight excluding hydrogens is 251 g/mol. The van der Waals surface area contributed by atoms with Crippen LogP contribution in [-0.4, -0.2) is 30.6 Å². The molecule has 20 heavy (non-hydrogen) atoms. The van der Waals surface area contributed by atoms with Crippen LogP contribution < -0.4 is 5.32 Å². The number of benzene rings is 1. The van der Waals surface area contributed by atoms with E-state index < -0.39 is 0 Å². The zero-order chi connectivity index (χ0) is 13.9. The Morgan fingerprint density at radius 2 is 2.20 bits per heavy atom. The lowest BCUT2D eigenvalue weighted by molar-refractivity contribution is 0.145. The second kappa shape index (κ2) is 6.23. The second-order valence-corrected chi connectivity index (χ2v) is 6.42. The number of likely N-dealkylation sites (tertiary alicyclic amines) is 1. The molecule has 0 saturated carbocycles. The van der Waals surface area contributed by atoms with E-state index in [1.165, 1.54) is 50.9 Å². The lowest BCUT2D eigenvalue weighted by Gasteiger charge is -2.36. The van der Waals surface area contributed by atoms with E-state index in [1.807, 2.05) is 19.1 Å². The Kier molecular flexibility index (Phi) is 4.37. The minimum Gasteiger partial charge on any atom is -0.314 e. The number of rotatable bonds is 3. The summed E-state index contributed by atoms with van der Waals surface area (Å²) in [5.41, 5.74) is 2.00. The van der Waals surface area contributed by atoms with Crippen molar-refractivity contribution in [3.8, 4) is 0 Å². The van der Waals surface area contributed by atoms with Crippen LogP contribution in [0.15, 0.2) is 18.2 Å². The molecule has 1 aromatic rings. The zero-order valence-electron chi connectivity index (χ0n) is 12.4. The summed E-state index contributed by atoms with van der Waals surface area (Å²) < 4.78 is 13.3. The summed E-state index contributed by atoms with van der Waals surface area (Å²) in [7, 11) is 0. The van der Waals surface area contributed by atoms with Gasteiger partial charge in [0.2, 0.25) is 0 Å². The molecule has 2 fully saturated rings. The Morgan fingerprint density at radius 3 is 2.95 bits per heavy atom. The molecule has 0 spiro atoms. The first kappa shape index (κ1) is 14.0. The first-order valence-corrected chi connectivity index (χ1v) is 7.93. The lowest BCUT2D eigenvalue weighted by Crippen LogP contribution is -2.43. The number of aryl methyl sites for hydroxylation is 1. The van der Waals surface area contributed by atoms with Crippen LogP contribution in [-0.2, 0) is 6.54 Å². The smallest absolute Gasteiger partial charge is 0.126 e. The molecule has 110 valence electrons.